The number of carbonyl (C=O) groups excluding carboxylic acids is 2. The van der Waals surface area contributed by atoms with E-state index >= 15 is 0 Å². The van der Waals surface area contributed by atoms with Gasteiger partial charge in [0.15, 0.2) is 0 Å². The first kappa shape index (κ1) is 27.0. The van der Waals surface area contributed by atoms with Crippen LogP contribution in [0, 0.1) is 0 Å². The highest BCUT2D eigenvalue weighted by Gasteiger charge is 2.45. The number of rotatable bonds is 13. The number of likely N-dealkylation sites (tertiary alicyclic amines) is 1. The highest BCUT2D eigenvalue weighted by molar-refractivity contribution is 6.46. The van der Waals surface area contributed by atoms with Crippen molar-refractivity contribution in [3.63, 3.8) is 0 Å². The molecule has 1 N–H and O–H groups in total. The highest BCUT2D eigenvalue weighted by Crippen LogP contribution is 2.40. The Labute approximate surface area is 223 Å². The third kappa shape index (κ3) is 6.25. The molecular weight excluding hydrogens is 482 g/mol. The molecule has 8 nitrogen and oxygen atoms in total. The lowest BCUT2D eigenvalue weighted by molar-refractivity contribution is -0.139. The third-order valence-corrected chi connectivity index (χ3v) is 6.46. The van der Waals surface area contributed by atoms with E-state index in [-0.39, 0.29) is 11.3 Å². The van der Waals surface area contributed by atoms with Crippen LogP contribution in [-0.4, -0.2) is 51.0 Å². The zero-order chi connectivity index (χ0) is 26.9. The number of ketones is 1. The second kappa shape index (κ2) is 12.9. The number of unbranched alkanes of at least 4 members (excludes halogenated alkanes) is 1. The van der Waals surface area contributed by atoms with Gasteiger partial charge in [0, 0.05) is 31.0 Å². The molecule has 1 saturated heterocycles. The summed E-state index contributed by atoms with van der Waals surface area (Å²) in [6, 6.07) is 13.6. The average Bonchev–Trinajstić information content (AvgIpc) is 3.54. The lowest BCUT2D eigenvalue weighted by Crippen LogP contribution is -2.31. The first-order chi connectivity index (χ1) is 18.5. The molecule has 38 heavy (non-hydrogen) atoms. The molecule has 1 aromatic heterocycles. The second-order valence-electron chi connectivity index (χ2n) is 9.29. The summed E-state index contributed by atoms with van der Waals surface area (Å²) in [6.45, 7) is 6.28. The van der Waals surface area contributed by atoms with Crippen LogP contribution in [0.15, 0.2) is 72.8 Å². The molecule has 1 fully saturated rings. The largest absolute Gasteiger partial charge is 0.507 e. The Balaban J connectivity index is 1.67. The average molecular weight is 518 g/mol. The van der Waals surface area contributed by atoms with Gasteiger partial charge in [0.05, 0.1) is 31.2 Å². The van der Waals surface area contributed by atoms with E-state index in [0.717, 1.165) is 30.6 Å². The number of aliphatic hydroxyl groups excluding tert-OH is 1. The van der Waals surface area contributed by atoms with Gasteiger partial charge in [0.2, 0.25) is 0 Å². The van der Waals surface area contributed by atoms with Gasteiger partial charge in [-0.25, -0.2) is 4.98 Å². The molecule has 2 aromatic carbocycles. The molecule has 1 aliphatic heterocycles. The van der Waals surface area contributed by atoms with Gasteiger partial charge in [-0.2, -0.15) is 0 Å². The Morgan fingerprint density at radius 3 is 2.45 bits per heavy atom. The summed E-state index contributed by atoms with van der Waals surface area (Å²) >= 11 is 0. The van der Waals surface area contributed by atoms with E-state index in [1.54, 1.807) is 41.7 Å². The highest BCUT2D eigenvalue weighted by atomic mass is 16.5. The van der Waals surface area contributed by atoms with Gasteiger partial charge in [0.25, 0.3) is 11.7 Å². The summed E-state index contributed by atoms with van der Waals surface area (Å²) in [5.74, 6) is -0.214. The molecule has 0 bridgehead atoms. The zero-order valence-electron chi connectivity index (χ0n) is 22.0. The maximum atomic E-state index is 13.3. The number of Topliss-reactive ketones (excluding diaryl/α,β-unsaturated/α-hetero) is 1. The predicted octanol–water partition coefficient (Wildman–Crippen LogP) is 5.36. The van der Waals surface area contributed by atoms with Gasteiger partial charge in [-0.3, -0.25) is 9.59 Å². The van der Waals surface area contributed by atoms with Crippen LogP contribution in [0.5, 0.6) is 11.5 Å². The van der Waals surface area contributed by atoms with Gasteiger partial charge in [-0.15, -0.1) is 0 Å². The van der Waals surface area contributed by atoms with Crippen molar-refractivity contribution in [2.45, 2.75) is 52.1 Å². The molecule has 1 aliphatic rings. The number of hydrogen-bond donors (Lipinski definition) is 1. The number of aromatic nitrogens is 2. The van der Waals surface area contributed by atoms with Crippen molar-refractivity contribution in [2.24, 2.45) is 0 Å². The predicted molar refractivity (Wildman–Crippen MR) is 145 cm³/mol. The van der Waals surface area contributed by atoms with E-state index < -0.39 is 17.7 Å². The fourth-order valence-corrected chi connectivity index (χ4v) is 4.49. The summed E-state index contributed by atoms with van der Waals surface area (Å²) in [5.41, 5.74) is 1.24. The number of aryl methyl sites for hydroxylation is 1. The molecule has 8 heteroatoms. The Morgan fingerprint density at radius 2 is 1.74 bits per heavy atom. The maximum Gasteiger partial charge on any atom is 0.295 e. The molecule has 0 saturated carbocycles. The summed E-state index contributed by atoms with van der Waals surface area (Å²) in [7, 11) is 0. The van der Waals surface area contributed by atoms with Crippen LogP contribution in [0.2, 0.25) is 0 Å². The first-order valence-corrected chi connectivity index (χ1v) is 13.2. The molecule has 4 rings (SSSR count). The van der Waals surface area contributed by atoms with Crippen LogP contribution in [0.1, 0.15) is 56.7 Å². The van der Waals surface area contributed by atoms with Crippen molar-refractivity contribution in [1.82, 2.24) is 14.5 Å². The van der Waals surface area contributed by atoms with Crippen molar-refractivity contribution in [3.8, 4) is 11.5 Å². The van der Waals surface area contributed by atoms with Crippen LogP contribution in [0.3, 0.4) is 0 Å². The van der Waals surface area contributed by atoms with Gasteiger partial charge in [-0.05, 0) is 49.1 Å². The van der Waals surface area contributed by atoms with E-state index in [1.807, 2.05) is 42.0 Å². The van der Waals surface area contributed by atoms with Gasteiger partial charge in [0.1, 0.15) is 17.3 Å². The van der Waals surface area contributed by atoms with Crippen LogP contribution < -0.4 is 9.47 Å². The van der Waals surface area contributed by atoms with Crippen LogP contribution in [-0.2, 0) is 16.1 Å². The van der Waals surface area contributed by atoms with Crippen molar-refractivity contribution < 1.29 is 24.2 Å². The molecule has 1 amide bonds. The summed E-state index contributed by atoms with van der Waals surface area (Å²) in [4.78, 5) is 32.2. The Morgan fingerprint density at radius 1 is 0.947 bits per heavy atom. The fourth-order valence-electron chi connectivity index (χ4n) is 4.49. The fraction of sp³-hybridized carbons (Fsp3) is 0.367. The SMILES string of the molecule is CCCCOc1ccc(C2C(=C(O)c3cccc(OCCC)c3)C(=O)C(=O)N2CCCn2ccnc2)cc1. The molecule has 3 aromatic rings. The number of carbonyl (C=O) groups is 2. The summed E-state index contributed by atoms with van der Waals surface area (Å²) in [6.07, 6.45) is 8.75. The normalized spacial score (nSPS) is 16.7. The van der Waals surface area contributed by atoms with Crippen molar-refractivity contribution in [2.75, 3.05) is 19.8 Å². The maximum absolute atomic E-state index is 13.3. The lowest BCUT2D eigenvalue weighted by atomic mass is 9.95. The minimum Gasteiger partial charge on any atom is -0.507 e. The van der Waals surface area contributed by atoms with E-state index in [2.05, 4.69) is 11.9 Å². The molecule has 200 valence electrons. The number of imidazole rings is 1. The van der Waals surface area contributed by atoms with Gasteiger partial charge < -0.3 is 24.0 Å². The smallest absolute Gasteiger partial charge is 0.295 e. The van der Waals surface area contributed by atoms with Gasteiger partial charge >= 0.3 is 0 Å². The monoisotopic (exact) mass is 517 g/mol. The number of hydrogen-bond acceptors (Lipinski definition) is 6. The number of aliphatic hydroxyl groups is 1. The van der Waals surface area contributed by atoms with Crippen LogP contribution in [0.25, 0.3) is 5.76 Å². The summed E-state index contributed by atoms with van der Waals surface area (Å²) in [5, 5.41) is 11.4. The Bertz CT molecular complexity index is 1250. The topological polar surface area (TPSA) is 93.9 Å². The molecule has 1 unspecified atom stereocenters. The molecule has 0 radical (unpaired) electrons. The number of nitrogens with zero attached hydrogens (tertiary/aromatic N) is 3. The molecule has 2 heterocycles. The van der Waals surface area contributed by atoms with Crippen molar-refractivity contribution in [3.05, 3.63) is 84.0 Å². The second-order valence-corrected chi connectivity index (χ2v) is 9.29. The quantitative estimate of drug-likeness (QED) is 0.142. The number of benzene rings is 2. The van der Waals surface area contributed by atoms with Crippen molar-refractivity contribution >= 4 is 17.4 Å². The number of amides is 1. The van der Waals surface area contributed by atoms with E-state index in [4.69, 9.17) is 9.47 Å². The summed E-state index contributed by atoms with van der Waals surface area (Å²) < 4.78 is 13.4. The number of ether oxygens (including phenoxy) is 2. The Kier molecular flexibility index (Phi) is 9.19. The van der Waals surface area contributed by atoms with E-state index in [9.17, 15) is 14.7 Å². The molecule has 1 atom stereocenters. The third-order valence-electron chi connectivity index (χ3n) is 6.46. The van der Waals surface area contributed by atoms with E-state index in [0.29, 0.717) is 44.0 Å². The molecule has 0 aliphatic carbocycles. The minimum absolute atomic E-state index is 0.0740. The Hall–Kier alpha value is -4.07. The van der Waals surface area contributed by atoms with Gasteiger partial charge in [-0.1, -0.05) is 44.5 Å². The van der Waals surface area contributed by atoms with Crippen LogP contribution in [0.4, 0.5) is 0 Å². The van der Waals surface area contributed by atoms with Crippen molar-refractivity contribution in [1.29, 1.82) is 0 Å². The minimum atomic E-state index is -0.720. The molecular formula is C30H35N3O5. The first-order valence-electron chi connectivity index (χ1n) is 13.2. The lowest BCUT2D eigenvalue weighted by Gasteiger charge is -2.25. The van der Waals surface area contributed by atoms with E-state index in [1.165, 1.54) is 0 Å². The standard InChI is InChI=1S/C30H35N3O5/c1-3-5-19-38-24-12-10-22(11-13-24)27-26(28(34)23-8-6-9-25(20-23)37-18-4-2)29(35)30(36)33(27)16-7-15-32-17-14-31-21-32/h6,8-14,17,20-21,27,34H,3-5,7,15-16,18-19H2,1-2H3. The molecule has 0 spiro atoms. The van der Waals surface area contributed by atoms with Crippen LogP contribution >= 0.6 is 0 Å². The zero-order valence-corrected chi connectivity index (χ0v) is 22.0.